The largest absolute Gasteiger partial charge is 0.451 e. The van der Waals surface area contributed by atoms with Crippen LogP contribution in [0.25, 0.3) is 11.0 Å². The van der Waals surface area contributed by atoms with Gasteiger partial charge in [-0.25, -0.2) is 0 Å². The van der Waals surface area contributed by atoms with Crippen molar-refractivity contribution in [2.45, 2.75) is 31.2 Å². The lowest BCUT2D eigenvalue weighted by Crippen LogP contribution is -2.49. The first-order chi connectivity index (χ1) is 9.22. The van der Waals surface area contributed by atoms with Gasteiger partial charge in [-0.05, 0) is 25.0 Å². The van der Waals surface area contributed by atoms with Crippen LogP contribution in [0.2, 0.25) is 0 Å². The number of hydrogen-bond donors (Lipinski definition) is 2. The topological polar surface area (TPSA) is 62.5 Å². The lowest BCUT2D eigenvalue weighted by molar-refractivity contribution is 0.0813. The molecule has 1 saturated carbocycles. The maximum absolute atomic E-state index is 12.2. The second-order valence-electron chi connectivity index (χ2n) is 5.25. The highest BCUT2D eigenvalue weighted by molar-refractivity contribution is 5.96. The molecule has 0 radical (unpaired) electrons. The van der Waals surface area contributed by atoms with Gasteiger partial charge in [0.2, 0.25) is 0 Å². The molecule has 0 atom stereocenters. The first-order valence-electron chi connectivity index (χ1n) is 6.64. The van der Waals surface area contributed by atoms with Gasteiger partial charge in [0.05, 0.1) is 12.1 Å². The van der Waals surface area contributed by atoms with E-state index in [1.807, 2.05) is 24.3 Å². The van der Waals surface area contributed by atoms with Crippen molar-refractivity contribution in [2.75, 3.05) is 6.61 Å². The molecule has 0 unspecified atom stereocenters. The lowest BCUT2D eigenvalue weighted by atomic mass is 9.99. The zero-order chi connectivity index (χ0) is 13.3. The number of fused-ring (bicyclic) bond motifs is 1. The van der Waals surface area contributed by atoms with Crippen LogP contribution in [0.15, 0.2) is 34.7 Å². The highest BCUT2D eigenvalue weighted by atomic mass is 16.3. The average molecular weight is 259 g/mol. The highest BCUT2D eigenvalue weighted by Crippen LogP contribution is 2.30. The molecular weight excluding hydrogens is 242 g/mol. The van der Waals surface area contributed by atoms with Gasteiger partial charge < -0.3 is 14.8 Å². The van der Waals surface area contributed by atoms with Gasteiger partial charge in [-0.1, -0.05) is 31.0 Å². The van der Waals surface area contributed by atoms with E-state index in [4.69, 9.17) is 4.42 Å². The number of aliphatic hydroxyl groups excluding tert-OH is 1. The molecule has 1 aliphatic rings. The van der Waals surface area contributed by atoms with Crippen molar-refractivity contribution in [3.8, 4) is 0 Å². The molecule has 1 aromatic heterocycles. The van der Waals surface area contributed by atoms with E-state index >= 15 is 0 Å². The summed E-state index contributed by atoms with van der Waals surface area (Å²) in [4.78, 5) is 12.2. The van der Waals surface area contributed by atoms with Crippen molar-refractivity contribution in [2.24, 2.45) is 0 Å². The van der Waals surface area contributed by atoms with Crippen molar-refractivity contribution < 1.29 is 14.3 Å². The summed E-state index contributed by atoms with van der Waals surface area (Å²) in [6.07, 6.45) is 3.74. The van der Waals surface area contributed by atoms with E-state index in [2.05, 4.69) is 5.32 Å². The van der Waals surface area contributed by atoms with Crippen LogP contribution in [-0.2, 0) is 0 Å². The molecule has 1 fully saturated rings. The number of aliphatic hydroxyl groups is 1. The molecule has 0 saturated heterocycles. The summed E-state index contributed by atoms with van der Waals surface area (Å²) in [7, 11) is 0. The fourth-order valence-electron chi connectivity index (χ4n) is 2.77. The molecule has 3 rings (SSSR count). The Morgan fingerprint density at radius 2 is 2.05 bits per heavy atom. The summed E-state index contributed by atoms with van der Waals surface area (Å²) in [6, 6.07) is 9.27. The molecule has 1 heterocycles. The third-order valence-electron chi connectivity index (χ3n) is 3.89. The Bertz CT molecular complexity index is 563. The molecule has 1 amide bonds. The number of amides is 1. The van der Waals surface area contributed by atoms with Crippen molar-refractivity contribution in [3.05, 3.63) is 36.1 Å². The maximum atomic E-state index is 12.2. The van der Waals surface area contributed by atoms with Crippen LogP contribution in [0.5, 0.6) is 0 Å². The number of hydrogen-bond acceptors (Lipinski definition) is 3. The van der Waals surface area contributed by atoms with Crippen LogP contribution in [0.1, 0.15) is 36.2 Å². The molecule has 2 aromatic rings. The molecule has 2 N–H and O–H groups in total. The first kappa shape index (κ1) is 12.2. The van der Waals surface area contributed by atoms with E-state index in [1.165, 1.54) is 0 Å². The lowest BCUT2D eigenvalue weighted by Gasteiger charge is -2.27. The second kappa shape index (κ2) is 4.70. The van der Waals surface area contributed by atoms with Gasteiger partial charge in [-0.2, -0.15) is 0 Å². The Balaban J connectivity index is 1.83. The Morgan fingerprint density at radius 3 is 2.74 bits per heavy atom. The second-order valence-corrected chi connectivity index (χ2v) is 5.25. The third-order valence-corrected chi connectivity index (χ3v) is 3.89. The number of benzene rings is 1. The fraction of sp³-hybridized carbons (Fsp3) is 0.400. The maximum Gasteiger partial charge on any atom is 0.287 e. The molecule has 4 nitrogen and oxygen atoms in total. The van der Waals surface area contributed by atoms with Crippen LogP contribution in [-0.4, -0.2) is 23.2 Å². The van der Waals surface area contributed by atoms with Gasteiger partial charge in [0.25, 0.3) is 5.91 Å². The Labute approximate surface area is 111 Å². The summed E-state index contributed by atoms with van der Waals surface area (Å²) in [5, 5.41) is 13.4. The quantitative estimate of drug-likeness (QED) is 0.890. The zero-order valence-electron chi connectivity index (χ0n) is 10.7. The normalized spacial score (nSPS) is 17.7. The van der Waals surface area contributed by atoms with Gasteiger partial charge in [0, 0.05) is 5.39 Å². The molecule has 100 valence electrons. The standard InChI is InChI=1S/C15H17NO3/c17-10-15(7-3-4-8-15)16-14(18)13-9-11-5-1-2-6-12(11)19-13/h1-2,5-6,9,17H,3-4,7-8,10H2,(H,16,18). The number of furan rings is 1. The predicted molar refractivity (Wildman–Crippen MR) is 72.0 cm³/mol. The van der Waals surface area contributed by atoms with E-state index in [0.29, 0.717) is 11.3 Å². The highest BCUT2D eigenvalue weighted by Gasteiger charge is 2.35. The number of para-hydroxylation sites is 1. The van der Waals surface area contributed by atoms with Crippen LogP contribution in [0.4, 0.5) is 0 Å². The van der Waals surface area contributed by atoms with Crippen molar-refractivity contribution in [1.82, 2.24) is 5.32 Å². The molecule has 0 spiro atoms. The van der Waals surface area contributed by atoms with Crippen LogP contribution < -0.4 is 5.32 Å². The minimum atomic E-state index is -0.462. The van der Waals surface area contributed by atoms with Gasteiger partial charge in [-0.15, -0.1) is 0 Å². The number of nitrogens with one attached hydrogen (secondary N) is 1. The molecule has 1 aromatic carbocycles. The molecule has 0 aliphatic heterocycles. The monoisotopic (exact) mass is 259 g/mol. The Kier molecular flexibility index (Phi) is 3.03. The van der Waals surface area contributed by atoms with Crippen molar-refractivity contribution in [1.29, 1.82) is 0 Å². The van der Waals surface area contributed by atoms with Gasteiger partial charge in [0.1, 0.15) is 5.58 Å². The predicted octanol–water partition coefficient (Wildman–Crippen LogP) is 2.47. The van der Waals surface area contributed by atoms with E-state index in [9.17, 15) is 9.90 Å². The summed E-state index contributed by atoms with van der Waals surface area (Å²) in [5.41, 5.74) is 0.243. The minimum absolute atomic E-state index is 0.0149. The average Bonchev–Trinajstić information content (AvgIpc) is 3.05. The zero-order valence-corrected chi connectivity index (χ0v) is 10.7. The van der Waals surface area contributed by atoms with E-state index in [-0.39, 0.29) is 12.5 Å². The van der Waals surface area contributed by atoms with Crippen LogP contribution in [0.3, 0.4) is 0 Å². The van der Waals surface area contributed by atoms with Gasteiger partial charge in [-0.3, -0.25) is 4.79 Å². The Hall–Kier alpha value is -1.81. The summed E-state index contributed by atoms with van der Waals surface area (Å²) in [5.74, 6) is 0.0630. The molecule has 0 bridgehead atoms. The minimum Gasteiger partial charge on any atom is -0.451 e. The van der Waals surface area contributed by atoms with E-state index < -0.39 is 5.54 Å². The smallest absolute Gasteiger partial charge is 0.287 e. The van der Waals surface area contributed by atoms with E-state index in [1.54, 1.807) is 6.07 Å². The van der Waals surface area contributed by atoms with E-state index in [0.717, 1.165) is 31.1 Å². The Morgan fingerprint density at radius 1 is 1.32 bits per heavy atom. The molecule has 4 heteroatoms. The number of carbonyl (C=O) groups excluding carboxylic acids is 1. The van der Waals surface area contributed by atoms with Crippen molar-refractivity contribution >= 4 is 16.9 Å². The van der Waals surface area contributed by atoms with Crippen LogP contribution >= 0.6 is 0 Å². The first-order valence-corrected chi connectivity index (χ1v) is 6.64. The van der Waals surface area contributed by atoms with Gasteiger partial charge in [0.15, 0.2) is 5.76 Å². The van der Waals surface area contributed by atoms with Crippen molar-refractivity contribution in [3.63, 3.8) is 0 Å². The summed E-state index contributed by atoms with van der Waals surface area (Å²) < 4.78 is 5.54. The number of carbonyl (C=O) groups is 1. The van der Waals surface area contributed by atoms with Crippen LogP contribution in [0, 0.1) is 0 Å². The number of rotatable bonds is 3. The fourth-order valence-corrected chi connectivity index (χ4v) is 2.77. The molecule has 1 aliphatic carbocycles. The molecular formula is C15H17NO3. The summed E-state index contributed by atoms with van der Waals surface area (Å²) >= 11 is 0. The third kappa shape index (κ3) is 2.24. The molecule has 19 heavy (non-hydrogen) atoms. The summed E-state index contributed by atoms with van der Waals surface area (Å²) in [6.45, 7) is -0.0149. The van der Waals surface area contributed by atoms with Gasteiger partial charge >= 0.3 is 0 Å². The SMILES string of the molecule is O=C(NC1(CO)CCCC1)c1cc2ccccc2o1.